The van der Waals surface area contributed by atoms with E-state index in [2.05, 4.69) is 4.99 Å². The van der Waals surface area contributed by atoms with E-state index in [1.54, 1.807) is 12.1 Å². The maximum Gasteiger partial charge on any atom is 0.115 e. The Balaban J connectivity index is 3.17. The standard InChI is InChI=1S/C9H7Cl2N3/c10-4-9(13)14-8-2-1-7(11)3-6(8)5-12/h1-3H,4H2,(H2,13,14). The Morgan fingerprint density at radius 2 is 2.29 bits per heavy atom. The van der Waals surface area contributed by atoms with E-state index in [1.807, 2.05) is 6.07 Å². The Kier molecular flexibility index (Phi) is 3.75. The van der Waals surface area contributed by atoms with Gasteiger partial charge < -0.3 is 5.73 Å². The molecule has 0 atom stereocenters. The van der Waals surface area contributed by atoms with Gasteiger partial charge in [-0.2, -0.15) is 5.26 Å². The third-order valence-corrected chi connectivity index (χ3v) is 1.99. The zero-order valence-corrected chi connectivity index (χ0v) is 8.68. The number of hydrogen-bond donors (Lipinski definition) is 1. The van der Waals surface area contributed by atoms with Gasteiger partial charge in [0.15, 0.2) is 0 Å². The number of amidine groups is 1. The zero-order chi connectivity index (χ0) is 10.6. The highest BCUT2D eigenvalue weighted by Crippen LogP contribution is 2.22. The van der Waals surface area contributed by atoms with Gasteiger partial charge in [-0.15, -0.1) is 11.6 Å². The summed E-state index contributed by atoms with van der Waals surface area (Å²) in [6.45, 7) is 0. The average molecular weight is 228 g/mol. The molecule has 1 aromatic carbocycles. The topological polar surface area (TPSA) is 62.2 Å². The van der Waals surface area contributed by atoms with Crippen LogP contribution < -0.4 is 5.73 Å². The van der Waals surface area contributed by atoms with Crippen molar-refractivity contribution < 1.29 is 0 Å². The molecule has 0 fully saturated rings. The normalized spacial score (nSPS) is 11.1. The zero-order valence-electron chi connectivity index (χ0n) is 7.17. The number of benzene rings is 1. The molecule has 0 aliphatic carbocycles. The fourth-order valence-corrected chi connectivity index (χ4v) is 1.11. The first-order valence-electron chi connectivity index (χ1n) is 3.76. The molecular weight excluding hydrogens is 221 g/mol. The Hall–Kier alpha value is -1.24. The van der Waals surface area contributed by atoms with Crippen LogP contribution in [-0.4, -0.2) is 11.7 Å². The predicted octanol–water partition coefficient (Wildman–Crippen LogP) is 2.44. The molecule has 0 bridgehead atoms. The van der Waals surface area contributed by atoms with Crippen molar-refractivity contribution in [3.05, 3.63) is 28.8 Å². The highest BCUT2D eigenvalue weighted by Gasteiger charge is 2.01. The molecule has 0 heterocycles. The first-order chi connectivity index (χ1) is 6.67. The molecule has 0 radical (unpaired) electrons. The molecule has 72 valence electrons. The Labute approximate surface area is 91.8 Å². The molecule has 1 aromatic rings. The SMILES string of the molecule is N#Cc1cc(Cl)ccc1N=C(N)CCl. The third-order valence-electron chi connectivity index (χ3n) is 1.48. The molecule has 2 N–H and O–H groups in total. The van der Waals surface area contributed by atoms with Crippen LogP contribution in [0.4, 0.5) is 5.69 Å². The van der Waals surface area contributed by atoms with Crippen LogP contribution in [0, 0.1) is 11.3 Å². The lowest BCUT2D eigenvalue weighted by molar-refractivity contribution is 1.41. The summed E-state index contributed by atoms with van der Waals surface area (Å²) in [6, 6.07) is 6.77. The Bertz CT molecular complexity index is 407. The molecule has 5 heteroatoms. The highest BCUT2D eigenvalue weighted by molar-refractivity contribution is 6.30. The molecule has 0 saturated carbocycles. The molecule has 14 heavy (non-hydrogen) atoms. The number of alkyl halides is 1. The van der Waals surface area contributed by atoms with E-state index in [9.17, 15) is 0 Å². The number of halogens is 2. The number of nitrogens with zero attached hydrogens (tertiary/aromatic N) is 2. The molecule has 3 nitrogen and oxygen atoms in total. The van der Waals surface area contributed by atoms with Crippen molar-refractivity contribution in [1.82, 2.24) is 0 Å². The van der Waals surface area contributed by atoms with Crippen molar-refractivity contribution in [3.63, 3.8) is 0 Å². The summed E-state index contributed by atoms with van der Waals surface area (Å²) in [6.07, 6.45) is 0. The van der Waals surface area contributed by atoms with Gasteiger partial charge >= 0.3 is 0 Å². The highest BCUT2D eigenvalue weighted by atomic mass is 35.5. The van der Waals surface area contributed by atoms with Gasteiger partial charge in [0.1, 0.15) is 11.9 Å². The molecule has 0 unspecified atom stereocenters. The molecular formula is C9H7Cl2N3. The summed E-state index contributed by atoms with van der Waals surface area (Å²) in [7, 11) is 0. The predicted molar refractivity (Wildman–Crippen MR) is 58.2 cm³/mol. The van der Waals surface area contributed by atoms with Gasteiger partial charge in [-0.05, 0) is 18.2 Å². The number of nitrogens with two attached hydrogens (primary N) is 1. The number of hydrogen-bond acceptors (Lipinski definition) is 2. The molecule has 0 spiro atoms. The quantitative estimate of drug-likeness (QED) is 0.480. The van der Waals surface area contributed by atoms with Gasteiger partial charge in [-0.25, -0.2) is 4.99 Å². The van der Waals surface area contributed by atoms with Crippen molar-refractivity contribution >= 4 is 34.7 Å². The lowest BCUT2D eigenvalue weighted by atomic mass is 10.2. The van der Waals surface area contributed by atoms with Crippen molar-refractivity contribution in [2.45, 2.75) is 0 Å². The van der Waals surface area contributed by atoms with E-state index in [-0.39, 0.29) is 11.7 Å². The van der Waals surface area contributed by atoms with Gasteiger partial charge in [0.25, 0.3) is 0 Å². The Morgan fingerprint density at radius 1 is 1.57 bits per heavy atom. The van der Waals surface area contributed by atoms with Gasteiger partial charge in [0.05, 0.1) is 17.1 Å². The molecule has 1 rings (SSSR count). The van der Waals surface area contributed by atoms with E-state index in [0.29, 0.717) is 16.3 Å². The van der Waals surface area contributed by atoms with E-state index in [0.717, 1.165) is 0 Å². The molecule has 0 amide bonds. The summed E-state index contributed by atoms with van der Waals surface area (Å²) in [4.78, 5) is 3.97. The van der Waals surface area contributed by atoms with Crippen LogP contribution in [0.2, 0.25) is 5.02 Å². The largest absolute Gasteiger partial charge is 0.386 e. The van der Waals surface area contributed by atoms with E-state index < -0.39 is 0 Å². The molecule has 0 aliphatic rings. The van der Waals surface area contributed by atoms with Crippen molar-refractivity contribution in [1.29, 1.82) is 5.26 Å². The van der Waals surface area contributed by atoms with Gasteiger partial charge in [0.2, 0.25) is 0 Å². The minimum atomic E-state index is 0.132. The van der Waals surface area contributed by atoms with Gasteiger partial charge in [-0.1, -0.05) is 11.6 Å². The maximum absolute atomic E-state index is 8.78. The van der Waals surface area contributed by atoms with Crippen LogP contribution >= 0.6 is 23.2 Å². The minimum absolute atomic E-state index is 0.132. The second kappa shape index (κ2) is 4.85. The van der Waals surface area contributed by atoms with Crippen LogP contribution in [0.3, 0.4) is 0 Å². The first-order valence-corrected chi connectivity index (χ1v) is 4.67. The Morgan fingerprint density at radius 3 is 2.86 bits per heavy atom. The minimum Gasteiger partial charge on any atom is -0.386 e. The van der Waals surface area contributed by atoms with Crippen molar-refractivity contribution in [3.8, 4) is 6.07 Å². The summed E-state index contributed by atoms with van der Waals surface area (Å²) >= 11 is 11.2. The van der Waals surface area contributed by atoms with Crippen LogP contribution in [0.5, 0.6) is 0 Å². The fraction of sp³-hybridized carbons (Fsp3) is 0.111. The second-order valence-electron chi connectivity index (χ2n) is 2.51. The summed E-state index contributed by atoms with van der Waals surface area (Å²) in [5, 5.41) is 9.27. The fourth-order valence-electron chi connectivity index (χ4n) is 0.880. The number of rotatable bonds is 2. The second-order valence-corrected chi connectivity index (χ2v) is 3.21. The van der Waals surface area contributed by atoms with Crippen LogP contribution in [0.1, 0.15) is 5.56 Å². The van der Waals surface area contributed by atoms with Crippen molar-refractivity contribution in [2.75, 3.05) is 5.88 Å². The van der Waals surface area contributed by atoms with Crippen LogP contribution in [0.25, 0.3) is 0 Å². The van der Waals surface area contributed by atoms with E-state index >= 15 is 0 Å². The summed E-state index contributed by atoms with van der Waals surface area (Å²) < 4.78 is 0. The van der Waals surface area contributed by atoms with E-state index in [4.69, 9.17) is 34.2 Å². The van der Waals surface area contributed by atoms with Gasteiger partial charge in [-0.3, -0.25) is 0 Å². The molecule has 0 saturated heterocycles. The van der Waals surface area contributed by atoms with Crippen LogP contribution in [-0.2, 0) is 0 Å². The van der Waals surface area contributed by atoms with Gasteiger partial charge in [0, 0.05) is 5.02 Å². The monoisotopic (exact) mass is 227 g/mol. The lowest BCUT2D eigenvalue weighted by Gasteiger charge is -1.99. The van der Waals surface area contributed by atoms with Crippen LogP contribution in [0.15, 0.2) is 23.2 Å². The summed E-state index contributed by atoms with van der Waals surface area (Å²) in [5.74, 6) is 0.401. The number of nitriles is 1. The number of aliphatic imine (C=N–C) groups is 1. The molecule has 0 aromatic heterocycles. The smallest absolute Gasteiger partial charge is 0.115 e. The molecule has 0 aliphatic heterocycles. The lowest BCUT2D eigenvalue weighted by Crippen LogP contribution is -2.12. The van der Waals surface area contributed by atoms with Crippen molar-refractivity contribution in [2.24, 2.45) is 10.7 Å². The van der Waals surface area contributed by atoms with E-state index in [1.165, 1.54) is 6.07 Å². The summed E-state index contributed by atoms with van der Waals surface area (Å²) in [5.41, 5.74) is 6.30. The first kappa shape index (κ1) is 10.8. The maximum atomic E-state index is 8.78. The average Bonchev–Trinajstić information content (AvgIpc) is 2.20. The third kappa shape index (κ3) is 2.63.